The number of rotatable bonds is 4. The van der Waals surface area contributed by atoms with Gasteiger partial charge in [0.1, 0.15) is 23.0 Å². The molecule has 0 saturated carbocycles. The van der Waals surface area contributed by atoms with Gasteiger partial charge in [0.2, 0.25) is 5.95 Å². The first kappa shape index (κ1) is 23.8. The Morgan fingerprint density at radius 1 is 0.917 bits per heavy atom. The number of nitrogen functional groups attached to an aromatic ring is 1. The Hall–Kier alpha value is -3.92. The summed E-state index contributed by atoms with van der Waals surface area (Å²) < 4.78 is 44.1. The molecule has 5 rings (SSSR count). The van der Waals surface area contributed by atoms with Crippen LogP contribution >= 0.6 is 0 Å². The lowest BCUT2D eigenvalue weighted by Crippen LogP contribution is -2.48. The standard InChI is InChI=1S/C26H25F3N6O/c1-14(2)34-7-9-35(10-8-34)16-5-3-15(4-6-16)22-24(29)33-25(30)23(32-22)19-11-17-18(12-20(19)27)26(36)31-13-21(17)28/h3-6,11-14H,7-10H2,1-2H3,(H2,30,33)(H,31,36). The van der Waals surface area contributed by atoms with Crippen LogP contribution in [-0.2, 0) is 0 Å². The second-order valence-corrected chi connectivity index (χ2v) is 9.10. The monoisotopic (exact) mass is 494 g/mol. The van der Waals surface area contributed by atoms with Crippen LogP contribution in [0.3, 0.4) is 0 Å². The average molecular weight is 495 g/mol. The fourth-order valence-corrected chi connectivity index (χ4v) is 4.56. The number of fused-ring (bicyclic) bond motifs is 1. The molecule has 36 heavy (non-hydrogen) atoms. The Kier molecular flexibility index (Phi) is 6.13. The molecule has 7 nitrogen and oxygen atoms in total. The van der Waals surface area contributed by atoms with Gasteiger partial charge in [-0.05, 0) is 38.1 Å². The van der Waals surface area contributed by atoms with Crippen molar-refractivity contribution in [3.8, 4) is 22.5 Å². The summed E-state index contributed by atoms with van der Waals surface area (Å²) in [7, 11) is 0. The Morgan fingerprint density at radius 3 is 2.28 bits per heavy atom. The van der Waals surface area contributed by atoms with Gasteiger partial charge in [0, 0.05) is 60.6 Å². The molecular formula is C26H25F3N6O. The largest absolute Gasteiger partial charge is 0.382 e. The first-order valence-corrected chi connectivity index (χ1v) is 11.7. The van der Waals surface area contributed by atoms with Crippen LogP contribution in [0, 0.1) is 17.6 Å². The van der Waals surface area contributed by atoms with Crippen molar-refractivity contribution in [3.05, 3.63) is 70.5 Å². The molecule has 3 heterocycles. The highest BCUT2D eigenvalue weighted by Crippen LogP contribution is 2.33. The molecule has 3 N–H and O–H groups in total. The van der Waals surface area contributed by atoms with Crippen LogP contribution in [0.2, 0.25) is 0 Å². The molecular weight excluding hydrogens is 469 g/mol. The third-order valence-corrected chi connectivity index (χ3v) is 6.62. The summed E-state index contributed by atoms with van der Waals surface area (Å²) >= 11 is 0. The van der Waals surface area contributed by atoms with E-state index in [4.69, 9.17) is 5.73 Å². The van der Waals surface area contributed by atoms with Crippen molar-refractivity contribution >= 4 is 22.3 Å². The highest BCUT2D eigenvalue weighted by Gasteiger charge is 2.21. The van der Waals surface area contributed by atoms with E-state index in [1.807, 2.05) is 12.1 Å². The average Bonchev–Trinajstić information content (AvgIpc) is 2.87. The third kappa shape index (κ3) is 4.28. The first-order valence-electron chi connectivity index (χ1n) is 11.7. The number of nitrogens with one attached hydrogen (secondary N) is 1. The molecule has 0 aliphatic carbocycles. The summed E-state index contributed by atoms with van der Waals surface area (Å²) in [5.41, 5.74) is 6.26. The molecule has 10 heteroatoms. The zero-order valence-corrected chi connectivity index (χ0v) is 19.9. The first-order chi connectivity index (χ1) is 17.2. The second-order valence-electron chi connectivity index (χ2n) is 9.10. The summed E-state index contributed by atoms with van der Waals surface area (Å²) in [5, 5.41) is -0.265. The molecule has 2 aromatic heterocycles. The molecule has 0 amide bonds. The minimum atomic E-state index is -0.904. The number of hydrogen-bond acceptors (Lipinski definition) is 6. The van der Waals surface area contributed by atoms with Crippen molar-refractivity contribution in [3.63, 3.8) is 0 Å². The molecule has 0 radical (unpaired) electrons. The molecule has 1 saturated heterocycles. The van der Waals surface area contributed by atoms with Crippen LogP contribution in [0.1, 0.15) is 13.8 Å². The summed E-state index contributed by atoms with van der Waals surface area (Å²) in [4.78, 5) is 26.9. The zero-order valence-electron chi connectivity index (χ0n) is 19.9. The molecule has 1 fully saturated rings. The number of benzene rings is 2. The SMILES string of the molecule is CC(C)N1CCN(c2ccc(-c3nc(-c4cc5c(F)c[nH]c(=O)c5cc4F)c(N)nc3F)cc2)CC1. The molecule has 4 aromatic rings. The number of pyridine rings is 1. The normalized spacial score (nSPS) is 14.7. The van der Waals surface area contributed by atoms with Crippen molar-refractivity contribution in [1.29, 1.82) is 0 Å². The Morgan fingerprint density at radius 2 is 1.61 bits per heavy atom. The Balaban J connectivity index is 1.50. The van der Waals surface area contributed by atoms with Gasteiger partial charge in [-0.1, -0.05) is 12.1 Å². The van der Waals surface area contributed by atoms with E-state index in [0.717, 1.165) is 50.2 Å². The maximum absolute atomic E-state index is 15.0. The second kappa shape index (κ2) is 9.27. The molecule has 0 unspecified atom stereocenters. The summed E-state index contributed by atoms with van der Waals surface area (Å²) in [6.45, 7) is 8.06. The van der Waals surface area contributed by atoms with E-state index < -0.39 is 23.1 Å². The van der Waals surface area contributed by atoms with Gasteiger partial charge >= 0.3 is 0 Å². The molecule has 1 aliphatic rings. The summed E-state index contributed by atoms with van der Waals surface area (Å²) in [6.07, 6.45) is 0.891. The molecule has 0 atom stereocenters. The van der Waals surface area contributed by atoms with Crippen LogP contribution in [0.15, 0.2) is 47.4 Å². The molecule has 1 aliphatic heterocycles. The van der Waals surface area contributed by atoms with Crippen LogP contribution < -0.4 is 16.2 Å². The quantitative estimate of drug-likeness (QED) is 0.442. The highest BCUT2D eigenvalue weighted by atomic mass is 19.1. The predicted molar refractivity (Wildman–Crippen MR) is 134 cm³/mol. The van der Waals surface area contributed by atoms with Gasteiger partial charge < -0.3 is 15.6 Å². The van der Waals surface area contributed by atoms with Crippen molar-refractivity contribution in [1.82, 2.24) is 19.9 Å². The minimum absolute atomic E-state index is 0.107. The number of nitrogens with two attached hydrogens (primary N) is 1. The van der Waals surface area contributed by atoms with Crippen LogP contribution in [0.25, 0.3) is 33.3 Å². The fourth-order valence-electron chi connectivity index (χ4n) is 4.56. The van der Waals surface area contributed by atoms with E-state index in [-0.39, 0.29) is 33.5 Å². The van der Waals surface area contributed by atoms with E-state index in [0.29, 0.717) is 11.6 Å². The van der Waals surface area contributed by atoms with E-state index in [9.17, 15) is 18.0 Å². The number of piperazine rings is 1. The highest BCUT2D eigenvalue weighted by molar-refractivity contribution is 5.88. The number of anilines is 2. The lowest BCUT2D eigenvalue weighted by Gasteiger charge is -2.38. The summed E-state index contributed by atoms with van der Waals surface area (Å²) in [6, 6.07) is 9.77. The number of hydrogen-bond donors (Lipinski definition) is 2. The van der Waals surface area contributed by atoms with Crippen LogP contribution in [0.4, 0.5) is 24.7 Å². The van der Waals surface area contributed by atoms with Gasteiger partial charge in [0.25, 0.3) is 5.56 Å². The minimum Gasteiger partial charge on any atom is -0.382 e. The zero-order chi connectivity index (χ0) is 25.6. The van der Waals surface area contributed by atoms with E-state index in [1.165, 1.54) is 0 Å². The number of aromatic nitrogens is 3. The van der Waals surface area contributed by atoms with Crippen molar-refractivity contribution in [2.45, 2.75) is 19.9 Å². The summed E-state index contributed by atoms with van der Waals surface area (Å²) in [5.74, 6) is -2.85. The van der Waals surface area contributed by atoms with Gasteiger partial charge in [0.15, 0.2) is 5.82 Å². The third-order valence-electron chi connectivity index (χ3n) is 6.62. The lowest BCUT2D eigenvalue weighted by molar-refractivity contribution is 0.209. The van der Waals surface area contributed by atoms with E-state index in [1.54, 1.807) is 12.1 Å². The predicted octanol–water partition coefficient (Wildman–Crippen LogP) is 4.18. The Bertz CT molecular complexity index is 1490. The number of H-pyrrole nitrogens is 1. The van der Waals surface area contributed by atoms with Crippen molar-refractivity contribution in [2.75, 3.05) is 36.8 Å². The fraction of sp³-hybridized carbons (Fsp3) is 0.269. The maximum Gasteiger partial charge on any atom is 0.256 e. The smallest absolute Gasteiger partial charge is 0.256 e. The topological polar surface area (TPSA) is 91.1 Å². The molecule has 0 spiro atoms. The van der Waals surface area contributed by atoms with E-state index in [2.05, 4.69) is 38.6 Å². The van der Waals surface area contributed by atoms with Crippen LogP contribution in [-0.4, -0.2) is 52.1 Å². The molecule has 186 valence electrons. The molecule has 0 bridgehead atoms. The number of aromatic amines is 1. The number of nitrogens with zero attached hydrogens (tertiary/aromatic N) is 4. The number of halogens is 3. The van der Waals surface area contributed by atoms with Gasteiger partial charge in [-0.2, -0.15) is 9.37 Å². The van der Waals surface area contributed by atoms with Crippen molar-refractivity contribution in [2.24, 2.45) is 0 Å². The van der Waals surface area contributed by atoms with Crippen molar-refractivity contribution < 1.29 is 13.2 Å². The van der Waals surface area contributed by atoms with Gasteiger partial charge in [-0.15, -0.1) is 0 Å². The van der Waals surface area contributed by atoms with Gasteiger partial charge in [-0.25, -0.2) is 13.8 Å². The van der Waals surface area contributed by atoms with E-state index >= 15 is 0 Å². The molecule has 2 aromatic carbocycles. The van der Waals surface area contributed by atoms with Crippen LogP contribution in [0.5, 0.6) is 0 Å². The Labute approximate surface area is 205 Å². The lowest BCUT2D eigenvalue weighted by atomic mass is 10.0. The maximum atomic E-state index is 15.0. The van der Waals surface area contributed by atoms with Gasteiger partial charge in [-0.3, -0.25) is 9.69 Å². The van der Waals surface area contributed by atoms with Gasteiger partial charge in [0.05, 0.1) is 5.39 Å².